The lowest BCUT2D eigenvalue weighted by molar-refractivity contribution is -0.117. The van der Waals surface area contributed by atoms with Gasteiger partial charge in [0.15, 0.2) is 0 Å². The number of aliphatic hydroxyl groups excluding tert-OH is 1. The first-order valence-corrected chi connectivity index (χ1v) is 7.37. The van der Waals surface area contributed by atoms with E-state index in [1.165, 1.54) is 4.90 Å². The summed E-state index contributed by atoms with van der Waals surface area (Å²) >= 11 is 0. The first-order chi connectivity index (χ1) is 8.90. The number of aliphatic hydroxyl groups is 1. The van der Waals surface area contributed by atoms with Crippen molar-refractivity contribution in [2.75, 3.05) is 17.2 Å². The molecule has 1 N–H and O–H groups in total. The predicted octanol–water partition coefficient (Wildman–Crippen LogP) is 0.831. The Bertz CT molecular complexity index is 587. The number of hydrogen-bond acceptors (Lipinski definition) is 4. The van der Waals surface area contributed by atoms with E-state index in [4.69, 9.17) is 0 Å². The number of para-hydroxylation sites is 1. The molecule has 1 aromatic carbocycles. The summed E-state index contributed by atoms with van der Waals surface area (Å²) in [5.41, 5.74) is 1.13. The van der Waals surface area contributed by atoms with E-state index in [0.29, 0.717) is 11.3 Å². The topological polar surface area (TPSA) is 74.7 Å². The molecule has 7 heteroatoms. The number of carbonyl (C=O) groups excluding carboxylic acids is 1. The minimum absolute atomic E-state index is 0.00289. The molecular weight excluding hydrogens is 273 g/mol. The molecule has 1 unspecified atom stereocenters. The minimum atomic E-state index is -4.58. The summed E-state index contributed by atoms with van der Waals surface area (Å²) in [4.78, 5) is 13.3. The van der Waals surface area contributed by atoms with Crippen molar-refractivity contribution in [1.82, 2.24) is 0 Å². The minimum Gasteiger partial charge on any atom is -0.392 e. The largest absolute Gasteiger partial charge is 0.392 e. The molecule has 0 bridgehead atoms. The monoisotopic (exact) mass is 287 g/mol. The van der Waals surface area contributed by atoms with Gasteiger partial charge in [0, 0.05) is 30.1 Å². The van der Waals surface area contributed by atoms with Crippen LogP contribution in [0.2, 0.25) is 0 Å². The number of anilines is 1. The molecule has 2 rings (SSSR count). The Morgan fingerprint density at radius 3 is 2.68 bits per heavy atom. The Kier molecular flexibility index (Phi) is 3.86. The van der Waals surface area contributed by atoms with Crippen LogP contribution in [0.5, 0.6) is 0 Å². The van der Waals surface area contributed by atoms with Crippen molar-refractivity contribution >= 4 is 21.8 Å². The summed E-state index contributed by atoms with van der Waals surface area (Å²) in [5.74, 6) is -1.44. The maximum Gasteiger partial charge on any atom is 0.302 e. The number of halogens is 1. The molecule has 1 amide bonds. The fourth-order valence-corrected chi connectivity index (χ4v) is 3.10. The van der Waals surface area contributed by atoms with Gasteiger partial charge in [-0.15, -0.1) is 3.89 Å². The van der Waals surface area contributed by atoms with Crippen LogP contribution in [0.25, 0.3) is 0 Å². The normalized spacial score (nSPS) is 20.0. The van der Waals surface area contributed by atoms with E-state index in [0.717, 1.165) is 0 Å². The molecule has 5 nitrogen and oxygen atoms in total. The highest BCUT2D eigenvalue weighted by Gasteiger charge is 2.34. The average molecular weight is 287 g/mol. The highest BCUT2D eigenvalue weighted by atomic mass is 32.3. The smallest absolute Gasteiger partial charge is 0.302 e. The molecule has 0 spiro atoms. The molecule has 104 valence electrons. The summed E-state index contributed by atoms with van der Waals surface area (Å²) in [6, 6.07) is 6.82. The van der Waals surface area contributed by atoms with Crippen LogP contribution in [-0.4, -0.2) is 31.7 Å². The van der Waals surface area contributed by atoms with Gasteiger partial charge in [-0.2, -0.15) is 8.42 Å². The third kappa shape index (κ3) is 3.30. The van der Waals surface area contributed by atoms with E-state index < -0.39 is 21.9 Å². The van der Waals surface area contributed by atoms with Crippen LogP contribution < -0.4 is 4.90 Å². The van der Waals surface area contributed by atoms with E-state index in [-0.39, 0.29) is 25.5 Å². The molecule has 1 saturated heterocycles. The lowest BCUT2D eigenvalue weighted by atomic mass is 10.1. The molecule has 1 aliphatic rings. The fraction of sp³-hybridized carbons (Fsp3) is 0.417. The number of nitrogens with zero attached hydrogens (tertiary/aromatic N) is 1. The third-order valence-electron chi connectivity index (χ3n) is 3.09. The van der Waals surface area contributed by atoms with Crippen molar-refractivity contribution < 1.29 is 22.2 Å². The SMILES string of the molecule is O=C1CC(CS(=O)(=O)F)CN1c1ccccc1CO. The molecule has 0 saturated carbocycles. The van der Waals surface area contributed by atoms with Crippen LogP contribution in [0.1, 0.15) is 12.0 Å². The molecule has 1 aromatic rings. The van der Waals surface area contributed by atoms with Gasteiger partial charge in [-0.25, -0.2) is 0 Å². The van der Waals surface area contributed by atoms with Crippen LogP contribution in [0, 0.1) is 5.92 Å². The van der Waals surface area contributed by atoms with Crippen LogP contribution in [0.15, 0.2) is 24.3 Å². The second-order valence-electron chi connectivity index (χ2n) is 4.57. The number of benzene rings is 1. The van der Waals surface area contributed by atoms with Crippen molar-refractivity contribution in [2.45, 2.75) is 13.0 Å². The zero-order chi connectivity index (χ0) is 14.0. The van der Waals surface area contributed by atoms with Crippen molar-refractivity contribution in [3.05, 3.63) is 29.8 Å². The Morgan fingerprint density at radius 1 is 1.37 bits per heavy atom. The van der Waals surface area contributed by atoms with E-state index in [9.17, 15) is 22.2 Å². The molecule has 19 heavy (non-hydrogen) atoms. The summed E-state index contributed by atoms with van der Waals surface area (Å²) in [6.45, 7) is -0.0645. The summed E-state index contributed by atoms with van der Waals surface area (Å²) in [7, 11) is -4.58. The van der Waals surface area contributed by atoms with E-state index in [1.807, 2.05) is 0 Å². The second-order valence-corrected chi connectivity index (χ2v) is 5.98. The van der Waals surface area contributed by atoms with Gasteiger partial charge in [0.1, 0.15) is 0 Å². The van der Waals surface area contributed by atoms with Crippen molar-refractivity contribution in [3.8, 4) is 0 Å². The summed E-state index contributed by atoms with van der Waals surface area (Å²) in [5, 5.41) is 9.22. The van der Waals surface area contributed by atoms with E-state index in [2.05, 4.69) is 0 Å². The van der Waals surface area contributed by atoms with E-state index in [1.54, 1.807) is 24.3 Å². The van der Waals surface area contributed by atoms with E-state index >= 15 is 0 Å². The van der Waals surface area contributed by atoms with Gasteiger partial charge in [-0.1, -0.05) is 18.2 Å². The molecule has 1 atom stereocenters. The number of carbonyl (C=O) groups is 1. The van der Waals surface area contributed by atoms with Gasteiger partial charge < -0.3 is 10.0 Å². The molecule has 0 aliphatic carbocycles. The van der Waals surface area contributed by atoms with Crippen molar-refractivity contribution in [2.24, 2.45) is 5.92 Å². The zero-order valence-electron chi connectivity index (χ0n) is 10.1. The first-order valence-electron chi connectivity index (χ1n) is 5.82. The van der Waals surface area contributed by atoms with Crippen molar-refractivity contribution in [3.63, 3.8) is 0 Å². The highest BCUT2D eigenvalue weighted by molar-refractivity contribution is 7.86. The zero-order valence-corrected chi connectivity index (χ0v) is 10.9. The van der Waals surface area contributed by atoms with Gasteiger partial charge in [0.25, 0.3) is 0 Å². The lowest BCUT2D eigenvalue weighted by Gasteiger charge is -2.19. The molecule has 0 aromatic heterocycles. The van der Waals surface area contributed by atoms with Crippen LogP contribution in [0.4, 0.5) is 9.57 Å². The first kappa shape index (κ1) is 14.0. The van der Waals surface area contributed by atoms with Crippen molar-refractivity contribution in [1.29, 1.82) is 0 Å². The predicted molar refractivity (Wildman–Crippen MR) is 67.7 cm³/mol. The quantitative estimate of drug-likeness (QED) is 0.832. The maximum atomic E-state index is 12.6. The Balaban J connectivity index is 2.20. The fourth-order valence-electron chi connectivity index (χ4n) is 2.32. The average Bonchev–Trinajstić information content (AvgIpc) is 2.67. The Labute approximate surface area is 110 Å². The summed E-state index contributed by atoms with van der Waals surface area (Å²) < 4.78 is 33.9. The second kappa shape index (κ2) is 5.26. The van der Waals surface area contributed by atoms with Crippen LogP contribution in [-0.2, 0) is 21.6 Å². The highest BCUT2D eigenvalue weighted by Crippen LogP contribution is 2.28. The van der Waals surface area contributed by atoms with Gasteiger partial charge >= 0.3 is 10.2 Å². The van der Waals surface area contributed by atoms with Gasteiger partial charge in [0.05, 0.1) is 12.4 Å². The van der Waals surface area contributed by atoms with Gasteiger partial charge in [-0.05, 0) is 6.07 Å². The molecule has 1 aliphatic heterocycles. The van der Waals surface area contributed by atoms with Crippen LogP contribution in [0.3, 0.4) is 0 Å². The summed E-state index contributed by atoms with van der Waals surface area (Å²) in [6.07, 6.45) is 0.00289. The molecular formula is C12H14FNO4S. The number of amides is 1. The number of hydrogen-bond donors (Lipinski definition) is 1. The van der Waals surface area contributed by atoms with Crippen LogP contribution >= 0.6 is 0 Å². The third-order valence-corrected chi connectivity index (χ3v) is 3.96. The lowest BCUT2D eigenvalue weighted by Crippen LogP contribution is -2.26. The number of rotatable bonds is 4. The Hall–Kier alpha value is -1.47. The molecule has 1 fully saturated rings. The van der Waals surface area contributed by atoms with Gasteiger partial charge in [-0.3, -0.25) is 4.79 Å². The standard InChI is InChI=1S/C12H14FNO4S/c13-19(17,18)8-9-5-12(16)14(6-9)11-4-2-1-3-10(11)7-15/h1-4,9,15H,5-8H2. The Morgan fingerprint density at radius 2 is 2.05 bits per heavy atom. The molecule has 1 heterocycles. The molecule has 0 radical (unpaired) electrons. The maximum absolute atomic E-state index is 12.6. The van der Waals surface area contributed by atoms with Gasteiger partial charge in [0.2, 0.25) is 5.91 Å².